The molecule has 5 heteroatoms. The molecule has 23 heavy (non-hydrogen) atoms. The second-order valence-electron chi connectivity index (χ2n) is 5.61. The molecular formula is C18H20N2O3. The second kappa shape index (κ2) is 7.56. The van der Waals surface area contributed by atoms with Crippen LogP contribution >= 0.6 is 0 Å². The summed E-state index contributed by atoms with van der Waals surface area (Å²) in [7, 11) is 0. The van der Waals surface area contributed by atoms with Crippen LogP contribution in [0.15, 0.2) is 54.6 Å². The zero-order chi connectivity index (χ0) is 16.8. The van der Waals surface area contributed by atoms with Crippen LogP contribution in [0.4, 0.5) is 0 Å². The van der Waals surface area contributed by atoms with E-state index in [1.807, 2.05) is 42.5 Å². The molecule has 0 aliphatic carbocycles. The third kappa shape index (κ3) is 4.17. The first kappa shape index (κ1) is 16.7. The van der Waals surface area contributed by atoms with Crippen LogP contribution in [0.25, 0.3) is 11.1 Å². The van der Waals surface area contributed by atoms with Gasteiger partial charge in [-0.1, -0.05) is 56.3 Å². The molecule has 0 saturated heterocycles. The molecule has 1 atom stereocenters. The molecule has 3 N–H and O–H groups in total. The van der Waals surface area contributed by atoms with Gasteiger partial charge >= 0.3 is 0 Å². The average molecular weight is 312 g/mol. The SMILES string of the molecule is CC(C)[C@H](NC(=O)c1ccc(-c2ccccc2)cc1)C(=O)NO. The molecule has 0 fully saturated rings. The van der Waals surface area contributed by atoms with E-state index in [4.69, 9.17) is 5.21 Å². The van der Waals surface area contributed by atoms with Crippen LogP contribution in [-0.2, 0) is 4.79 Å². The van der Waals surface area contributed by atoms with Gasteiger partial charge in [0, 0.05) is 5.56 Å². The van der Waals surface area contributed by atoms with Crippen LogP contribution in [0, 0.1) is 5.92 Å². The molecule has 2 aromatic rings. The fraction of sp³-hybridized carbons (Fsp3) is 0.222. The predicted molar refractivity (Wildman–Crippen MR) is 87.9 cm³/mol. The van der Waals surface area contributed by atoms with Crippen molar-refractivity contribution in [1.82, 2.24) is 10.8 Å². The Balaban J connectivity index is 2.12. The standard InChI is InChI=1S/C18H20N2O3/c1-12(2)16(18(22)20-23)19-17(21)15-10-8-14(9-11-15)13-6-4-3-5-7-13/h3-12,16,23H,1-2H3,(H,19,21)(H,20,22)/t16-/m0/s1. The van der Waals surface area contributed by atoms with Gasteiger partial charge in [-0.15, -0.1) is 0 Å². The number of rotatable bonds is 5. The maximum atomic E-state index is 12.3. The Kier molecular flexibility index (Phi) is 5.49. The summed E-state index contributed by atoms with van der Waals surface area (Å²) >= 11 is 0. The van der Waals surface area contributed by atoms with Crippen LogP contribution in [0.5, 0.6) is 0 Å². The minimum atomic E-state index is -0.790. The minimum absolute atomic E-state index is 0.144. The first-order chi connectivity index (χ1) is 11.0. The highest BCUT2D eigenvalue weighted by molar-refractivity contribution is 5.97. The molecule has 5 nitrogen and oxygen atoms in total. The molecule has 0 aliphatic heterocycles. The van der Waals surface area contributed by atoms with Gasteiger partial charge < -0.3 is 5.32 Å². The van der Waals surface area contributed by atoms with Crippen molar-refractivity contribution in [2.24, 2.45) is 5.92 Å². The van der Waals surface area contributed by atoms with Crippen molar-refractivity contribution in [3.05, 3.63) is 60.2 Å². The topological polar surface area (TPSA) is 78.4 Å². The molecule has 0 aliphatic rings. The third-order valence-electron chi connectivity index (χ3n) is 3.60. The van der Waals surface area contributed by atoms with E-state index in [1.54, 1.807) is 31.5 Å². The van der Waals surface area contributed by atoms with Crippen molar-refractivity contribution in [2.45, 2.75) is 19.9 Å². The summed E-state index contributed by atoms with van der Waals surface area (Å²) in [4.78, 5) is 23.8. The maximum Gasteiger partial charge on any atom is 0.266 e. The van der Waals surface area contributed by atoms with Gasteiger partial charge in [0.1, 0.15) is 6.04 Å². The zero-order valence-electron chi connectivity index (χ0n) is 13.1. The summed E-state index contributed by atoms with van der Waals surface area (Å²) in [5.74, 6) is -1.13. The largest absolute Gasteiger partial charge is 0.340 e. The van der Waals surface area contributed by atoms with E-state index in [9.17, 15) is 9.59 Å². The number of nitrogens with one attached hydrogen (secondary N) is 2. The summed E-state index contributed by atoms with van der Waals surface area (Å²) in [6.45, 7) is 3.58. The van der Waals surface area contributed by atoms with E-state index >= 15 is 0 Å². The van der Waals surface area contributed by atoms with E-state index in [0.29, 0.717) is 5.56 Å². The van der Waals surface area contributed by atoms with Gasteiger partial charge in [-0.3, -0.25) is 14.8 Å². The number of carbonyl (C=O) groups is 2. The van der Waals surface area contributed by atoms with Gasteiger partial charge in [0.05, 0.1) is 0 Å². The Morgan fingerprint density at radius 3 is 2.00 bits per heavy atom. The molecule has 2 amide bonds. The monoisotopic (exact) mass is 312 g/mol. The molecule has 0 saturated carbocycles. The number of amides is 2. The lowest BCUT2D eigenvalue weighted by Gasteiger charge is -2.20. The van der Waals surface area contributed by atoms with Crippen molar-refractivity contribution in [3.8, 4) is 11.1 Å². The maximum absolute atomic E-state index is 12.3. The van der Waals surface area contributed by atoms with Crippen LogP contribution in [-0.4, -0.2) is 23.1 Å². The molecule has 0 spiro atoms. The van der Waals surface area contributed by atoms with Crippen molar-refractivity contribution < 1.29 is 14.8 Å². The van der Waals surface area contributed by atoms with E-state index in [-0.39, 0.29) is 11.8 Å². The van der Waals surface area contributed by atoms with E-state index < -0.39 is 11.9 Å². The lowest BCUT2D eigenvalue weighted by atomic mass is 10.0. The first-order valence-corrected chi connectivity index (χ1v) is 7.43. The molecule has 0 radical (unpaired) electrons. The van der Waals surface area contributed by atoms with Gasteiger partial charge in [-0.05, 0) is 29.2 Å². The summed E-state index contributed by atoms with van der Waals surface area (Å²) in [6.07, 6.45) is 0. The average Bonchev–Trinajstić information content (AvgIpc) is 2.59. The zero-order valence-corrected chi connectivity index (χ0v) is 13.1. The van der Waals surface area contributed by atoms with Gasteiger partial charge in [-0.25, -0.2) is 5.48 Å². The molecule has 0 unspecified atom stereocenters. The fourth-order valence-corrected chi connectivity index (χ4v) is 2.27. The number of hydrogen-bond donors (Lipinski definition) is 3. The Morgan fingerprint density at radius 2 is 1.48 bits per heavy atom. The van der Waals surface area contributed by atoms with Crippen molar-refractivity contribution in [1.29, 1.82) is 0 Å². The van der Waals surface area contributed by atoms with E-state index in [2.05, 4.69) is 5.32 Å². The summed E-state index contributed by atoms with van der Waals surface area (Å²) < 4.78 is 0. The highest BCUT2D eigenvalue weighted by Crippen LogP contribution is 2.19. The first-order valence-electron chi connectivity index (χ1n) is 7.43. The number of carbonyl (C=O) groups excluding carboxylic acids is 2. The molecule has 2 rings (SSSR count). The van der Waals surface area contributed by atoms with Crippen LogP contribution in [0.1, 0.15) is 24.2 Å². The van der Waals surface area contributed by atoms with Gasteiger partial charge in [-0.2, -0.15) is 0 Å². The minimum Gasteiger partial charge on any atom is -0.340 e. The predicted octanol–water partition coefficient (Wildman–Crippen LogP) is 2.61. The lowest BCUT2D eigenvalue weighted by Crippen LogP contribution is -2.48. The Labute approximate surface area is 135 Å². The quantitative estimate of drug-likeness (QED) is 0.586. The third-order valence-corrected chi connectivity index (χ3v) is 3.60. The van der Waals surface area contributed by atoms with Crippen molar-refractivity contribution in [2.75, 3.05) is 0 Å². The van der Waals surface area contributed by atoms with E-state index in [0.717, 1.165) is 11.1 Å². The fourth-order valence-electron chi connectivity index (χ4n) is 2.27. The van der Waals surface area contributed by atoms with Gasteiger partial charge in [0.15, 0.2) is 0 Å². The second-order valence-corrected chi connectivity index (χ2v) is 5.61. The number of hydrogen-bond acceptors (Lipinski definition) is 3. The van der Waals surface area contributed by atoms with Crippen LogP contribution in [0.2, 0.25) is 0 Å². The van der Waals surface area contributed by atoms with E-state index in [1.165, 1.54) is 0 Å². The van der Waals surface area contributed by atoms with Crippen LogP contribution < -0.4 is 10.8 Å². The highest BCUT2D eigenvalue weighted by Gasteiger charge is 2.24. The Bertz CT molecular complexity index is 666. The van der Waals surface area contributed by atoms with Gasteiger partial charge in [0.2, 0.25) is 0 Å². The molecule has 0 heterocycles. The number of benzene rings is 2. The summed E-state index contributed by atoms with van der Waals surface area (Å²) in [5.41, 5.74) is 4.12. The summed E-state index contributed by atoms with van der Waals surface area (Å²) in [5, 5.41) is 11.4. The Morgan fingerprint density at radius 1 is 0.913 bits per heavy atom. The highest BCUT2D eigenvalue weighted by atomic mass is 16.5. The van der Waals surface area contributed by atoms with Crippen molar-refractivity contribution >= 4 is 11.8 Å². The molecule has 0 bridgehead atoms. The Hall–Kier alpha value is -2.66. The van der Waals surface area contributed by atoms with Crippen molar-refractivity contribution in [3.63, 3.8) is 0 Å². The normalized spacial score (nSPS) is 11.8. The summed E-state index contributed by atoms with van der Waals surface area (Å²) in [6, 6.07) is 16.2. The molecule has 0 aromatic heterocycles. The van der Waals surface area contributed by atoms with Crippen LogP contribution in [0.3, 0.4) is 0 Å². The van der Waals surface area contributed by atoms with Gasteiger partial charge in [0.25, 0.3) is 11.8 Å². The smallest absolute Gasteiger partial charge is 0.266 e. The molecular weight excluding hydrogens is 292 g/mol. The molecule has 120 valence electrons. The molecule has 2 aromatic carbocycles. The lowest BCUT2D eigenvalue weighted by molar-refractivity contribution is -0.132. The number of hydroxylamine groups is 1.